The normalized spacial score (nSPS) is 17.7. The first kappa shape index (κ1) is 16.0. The van der Waals surface area contributed by atoms with Crippen LogP contribution in [0.5, 0.6) is 0 Å². The van der Waals surface area contributed by atoms with E-state index in [9.17, 15) is 13.2 Å². The number of hydrogen-bond acceptors (Lipinski definition) is 3. The lowest BCUT2D eigenvalue weighted by Gasteiger charge is -2.14. The SMILES string of the molecule is Cc1[nH]c2ccc(C(=O)NCCN3CCCS3(=O)=O)cc2c1C. The van der Waals surface area contributed by atoms with Crippen molar-refractivity contribution in [3.05, 3.63) is 35.0 Å². The molecule has 0 atom stereocenters. The zero-order chi connectivity index (χ0) is 16.6. The van der Waals surface area contributed by atoms with E-state index >= 15 is 0 Å². The number of aromatic nitrogens is 1. The van der Waals surface area contributed by atoms with E-state index in [2.05, 4.69) is 10.3 Å². The molecule has 1 amide bonds. The third-order valence-electron chi connectivity index (χ3n) is 4.42. The van der Waals surface area contributed by atoms with Crippen molar-refractivity contribution in [2.75, 3.05) is 25.4 Å². The van der Waals surface area contributed by atoms with Crippen LogP contribution in [0, 0.1) is 13.8 Å². The Morgan fingerprint density at radius 2 is 2.13 bits per heavy atom. The lowest BCUT2D eigenvalue weighted by molar-refractivity contribution is 0.0952. The maximum atomic E-state index is 12.3. The third-order valence-corrected chi connectivity index (χ3v) is 6.38. The molecule has 7 heteroatoms. The standard InChI is InChI=1S/C16H21N3O3S/c1-11-12(2)18-15-5-4-13(10-14(11)15)16(20)17-6-8-19-7-3-9-23(19,21)22/h4-5,10,18H,3,6-9H2,1-2H3,(H,17,20). The number of hydrogen-bond donors (Lipinski definition) is 2. The molecule has 1 saturated heterocycles. The number of fused-ring (bicyclic) bond motifs is 1. The first-order valence-corrected chi connectivity index (χ1v) is 9.34. The van der Waals surface area contributed by atoms with Crippen LogP contribution in [0.1, 0.15) is 28.0 Å². The van der Waals surface area contributed by atoms with Gasteiger partial charge in [0.1, 0.15) is 0 Å². The summed E-state index contributed by atoms with van der Waals surface area (Å²) in [6, 6.07) is 5.55. The van der Waals surface area contributed by atoms with Gasteiger partial charge in [0, 0.05) is 41.8 Å². The van der Waals surface area contributed by atoms with Gasteiger partial charge < -0.3 is 10.3 Å². The number of carbonyl (C=O) groups excluding carboxylic acids is 1. The first-order chi connectivity index (χ1) is 10.9. The Morgan fingerprint density at radius 3 is 2.83 bits per heavy atom. The molecule has 0 unspecified atom stereocenters. The summed E-state index contributed by atoms with van der Waals surface area (Å²) in [6.45, 7) is 5.23. The predicted molar refractivity (Wildman–Crippen MR) is 90.1 cm³/mol. The number of rotatable bonds is 4. The van der Waals surface area contributed by atoms with E-state index in [1.807, 2.05) is 26.0 Å². The highest BCUT2D eigenvalue weighted by Gasteiger charge is 2.27. The van der Waals surface area contributed by atoms with Gasteiger partial charge in [-0.15, -0.1) is 0 Å². The lowest BCUT2D eigenvalue weighted by Crippen LogP contribution is -2.35. The molecular formula is C16H21N3O3S. The fourth-order valence-corrected chi connectivity index (χ4v) is 4.47. The highest BCUT2D eigenvalue weighted by atomic mass is 32.2. The van der Waals surface area contributed by atoms with E-state index < -0.39 is 10.0 Å². The first-order valence-electron chi connectivity index (χ1n) is 7.73. The maximum Gasteiger partial charge on any atom is 0.251 e. The van der Waals surface area contributed by atoms with E-state index in [1.165, 1.54) is 4.31 Å². The lowest BCUT2D eigenvalue weighted by atomic mass is 10.1. The smallest absolute Gasteiger partial charge is 0.251 e. The Kier molecular flexibility index (Phi) is 4.16. The zero-order valence-corrected chi connectivity index (χ0v) is 14.2. The van der Waals surface area contributed by atoms with Gasteiger partial charge >= 0.3 is 0 Å². The van der Waals surface area contributed by atoms with Gasteiger partial charge in [-0.2, -0.15) is 0 Å². The molecular weight excluding hydrogens is 314 g/mol. The fraction of sp³-hybridized carbons (Fsp3) is 0.438. The van der Waals surface area contributed by atoms with Gasteiger partial charge in [0.25, 0.3) is 5.91 Å². The average molecular weight is 335 g/mol. The number of aromatic amines is 1. The van der Waals surface area contributed by atoms with Crippen molar-refractivity contribution >= 4 is 26.8 Å². The Balaban J connectivity index is 1.65. The molecule has 2 aromatic rings. The van der Waals surface area contributed by atoms with Crippen LogP contribution in [0.25, 0.3) is 10.9 Å². The minimum atomic E-state index is -3.10. The van der Waals surface area contributed by atoms with E-state index in [4.69, 9.17) is 0 Å². The average Bonchev–Trinajstić information content (AvgIpc) is 2.99. The molecule has 0 saturated carbocycles. The summed E-state index contributed by atoms with van der Waals surface area (Å²) in [4.78, 5) is 15.5. The van der Waals surface area contributed by atoms with Crippen molar-refractivity contribution in [2.24, 2.45) is 0 Å². The molecule has 0 bridgehead atoms. The number of H-pyrrole nitrogens is 1. The molecule has 23 heavy (non-hydrogen) atoms. The molecule has 1 aliphatic rings. The second-order valence-electron chi connectivity index (χ2n) is 5.96. The van der Waals surface area contributed by atoms with E-state index in [-0.39, 0.29) is 11.7 Å². The Labute approximate surface area is 135 Å². The van der Waals surface area contributed by atoms with Crippen LogP contribution in [-0.2, 0) is 10.0 Å². The van der Waals surface area contributed by atoms with Crippen LogP contribution >= 0.6 is 0 Å². The summed E-state index contributed by atoms with van der Waals surface area (Å²) in [7, 11) is -3.10. The van der Waals surface area contributed by atoms with Crippen molar-refractivity contribution in [1.82, 2.24) is 14.6 Å². The molecule has 6 nitrogen and oxygen atoms in total. The molecule has 3 rings (SSSR count). The Hall–Kier alpha value is -1.86. The molecule has 1 fully saturated rings. The van der Waals surface area contributed by atoms with Crippen molar-refractivity contribution in [3.8, 4) is 0 Å². The molecule has 124 valence electrons. The van der Waals surface area contributed by atoms with Gasteiger partial charge in [-0.05, 0) is 44.0 Å². The minimum absolute atomic E-state index is 0.179. The van der Waals surface area contributed by atoms with Gasteiger partial charge in [0.2, 0.25) is 10.0 Å². The monoisotopic (exact) mass is 335 g/mol. The van der Waals surface area contributed by atoms with Crippen molar-refractivity contribution in [1.29, 1.82) is 0 Å². The fourth-order valence-electron chi connectivity index (χ4n) is 2.94. The summed E-state index contributed by atoms with van der Waals surface area (Å²) in [5, 5.41) is 3.84. The second kappa shape index (κ2) is 5.98. The van der Waals surface area contributed by atoms with Gasteiger partial charge in [-0.1, -0.05) is 0 Å². The van der Waals surface area contributed by atoms with Crippen LogP contribution in [0.2, 0.25) is 0 Å². The molecule has 1 aromatic heterocycles. The van der Waals surface area contributed by atoms with Crippen LogP contribution in [0.4, 0.5) is 0 Å². The Bertz CT molecular complexity index is 855. The third kappa shape index (κ3) is 3.11. The predicted octanol–water partition coefficient (Wildman–Crippen LogP) is 1.55. The highest BCUT2D eigenvalue weighted by Crippen LogP contribution is 2.22. The molecule has 2 N–H and O–H groups in total. The molecule has 0 aliphatic carbocycles. The summed E-state index contributed by atoms with van der Waals surface area (Å²) in [6.07, 6.45) is 0.666. The molecule has 0 radical (unpaired) electrons. The number of nitrogens with one attached hydrogen (secondary N) is 2. The molecule has 0 spiro atoms. The number of benzene rings is 1. The van der Waals surface area contributed by atoms with E-state index in [0.29, 0.717) is 31.6 Å². The van der Waals surface area contributed by atoms with Gasteiger partial charge in [-0.3, -0.25) is 4.79 Å². The molecule has 2 heterocycles. The topological polar surface area (TPSA) is 82.3 Å². The number of carbonyl (C=O) groups is 1. The zero-order valence-electron chi connectivity index (χ0n) is 13.3. The van der Waals surface area contributed by atoms with Crippen molar-refractivity contribution in [2.45, 2.75) is 20.3 Å². The summed E-state index contributed by atoms with van der Waals surface area (Å²) >= 11 is 0. The van der Waals surface area contributed by atoms with E-state index in [0.717, 1.165) is 22.2 Å². The summed E-state index contributed by atoms with van der Waals surface area (Å²) in [5.74, 6) is 0.0331. The number of aryl methyl sites for hydroxylation is 2. The van der Waals surface area contributed by atoms with Gasteiger partial charge in [-0.25, -0.2) is 12.7 Å². The number of sulfonamides is 1. The Morgan fingerprint density at radius 1 is 1.35 bits per heavy atom. The highest BCUT2D eigenvalue weighted by molar-refractivity contribution is 7.89. The molecule has 1 aliphatic heterocycles. The minimum Gasteiger partial charge on any atom is -0.358 e. The van der Waals surface area contributed by atoms with Crippen LogP contribution in [0.3, 0.4) is 0 Å². The second-order valence-corrected chi connectivity index (χ2v) is 8.05. The summed E-state index contributed by atoms with van der Waals surface area (Å²) < 4.78 is 24.8. The van der Waals surface area contributed by atoms with Gasteiger partial charge in [0.05, 0.1) is 5.75 Å². The van der Waals surface area contributed by atoms with E-state index in [1.54, 1.807) is 6.07 Å². The summed E-state index contributed by atoms with van der Waals surface area (Å²) in [5.41, 5.74) is 3.83. The van der Waals surface area contributed by atoms with Crippen LogP contribution in [-0.4, -0.2) is 49.0 Å². The van der Waals surface area contributed by atoms with Crippen molar-refractivity contribution < 1.29 is 13.2 Å². The molecule has 1 aromatic carbocycles. The number of nitrogens with zero attached hydrogens (tertiary/aromatic N) is 1. The van der Waals surface area contributed by atoms with Crippen LogP contribution in [0.15, 0.2) is 18.2 Å². The largest absolute Gasteiger partial charge is 0.358 e. The maximum absolute atomic E-state index is 12.3. The van der Waals surface area contributed by atoms with Gasteiger partial charge in [0.15, 0.2) is 0 Å². The van der Waals surface area contributed by atoms with Crippen molar-refractivity contribution in [3.63, 3.8) is 0 Å². The number of amides is 1. The quantitative estimate of drug-likeness (QED) is 0.889. The van der Waals surface area contributed by atoms with Crippen LogP contribution < -0.4 is 5.32 Å².